The summed E-state index contributed by atoms with van der Waals surface area (Å²) in [5.41, 5.74) is 0. The molecule has 0 spiro atoms. The first-order valence-electron chi connectivity index (χ1n) is 5.07. The molecule has 1 aliphatic carbocycles. The van der Waals surface area contributed by atoms with Crippen LogP contribution in [0.3, 0.4) is 0 Å². The van der Waals surface area contributed by atoms with E-state index in [1.807, 2.05) is 7.05 Å². The summed E-state index contributed by atoms with van der Waals surface area (Å²) >= 11 is 0. The predicted molar refractivity (Wildman–Crippen MR) is 50.6 cm³/mol. The fraction of sp³-hybridized carbons (Fsp3) is 1.00. The third kappa shape index (κ3) is 4.81. The summed E-state index contributed by atoms with van der Waals surface area (Å²) in [5, 5.41) is 11.3. The van der Waals surface area contributed by atoms with Crippen LogP contribution in [0.5, 0.6) is 0 Å². The molecule has 1 aliphatic rings. The number of hydrogen-bond donors (Lipinski definition) is 2. The number of aliphatic hydroxyl groups excluding tert-OH is 1. The first kappa shape index (κ1) is 12.7. The van der Waals surface area contributed by atoms with Crippen LogP contribution in [0.25, 0.3) is 0 Å². The zero-order chi connectivity index (χ0) is 11.5. The number of nitrogens with zero attached hydrogens (tertiary/aromatic N) is 1. The summed E-state index contributed by atoms with van der Waals surface area (Å²) < 4.78 is 35.6. The fourth-order valence-electron chi connectivity index (χ4n) is 1.31. The lowest BCUT2D eigenvalue weighted by molar-refractivity contribution is -0.201. The Balaban J connectivity index is 2.00. The van der Waals surface area contributed by atoms with Gasteiger partial charge in [-0.1, -0.05) is 0 Å². The molecule has 1 unspecified atom stereocenters. The number of hydrogen-bond acceptors (Lipinski definition) is 3. The maximum absolute atomic E-state index is 11.9. The van der Waals surface area contributed by atoms with Crippen LogP contribution in [0.1, 0.15) is 12.8 Å². The Morgan fingerprint density at radius 1 is 1.47 bits per heavy atom. The second-order valence-corrected chi connectivity index (χ2v) is 3.97. The second-order valence-electron chi connectivity index (χ2n) is 3.97. The molecule has 15 heavy (non-hydrogen) atoms. The van der Waals surface area contributed by atoms with Crippen LogP contribution < -0.4 is 5.32 Å². The highest BCUT2D eigenvalue weighted by Gasteiger charge is 2.37. The summed E-state index contributed by atoms with van der Waals surface area (Å²) in [6.45, 7) is 0.761. The SMILES string of the molecule is CN(CCNCC(O)C(F)(F)F)C1CC1. The van der Waals surface area contributed by atoms with Crippen LogP contribution in [0.15, 0.2) is 0 Å². The van der Waals surface area contributed by atoms with Gasteiger partial charge in [-0.15, -0.1) is 0 Å². The summed E-state index contributed by atoms with van der Waals surface area (Å²) in [6, 6.07) is 0.610. The van der Waals surface area contributed by atoms with Gasteiger partial charge in [0.25, 0.3) is 0 Å². The number of halogens is 3. The highest BCUT2D eigenvalue weighted by molar-refractivity contribution is 4.82. The van der Waals surface area contributed by atoms with Crippen molar-refractivity contribution >= 4 is 0 Å². The Morgan fingerprint density at radius 3 is 2.53 bits per heavy atom. The third-order valence-electron chi connectivity index (χ3n) is 2.53. The highest BCUT2D eigenvalue weighted by Crippen LogP contribution is 2.24. The van der Waals surface area contributed by atoms with Gasteiger partial charge in [0.05, 0.1) is 0 Å². The Morgan fingerprint density at radius 2 is 2.07 bits per heavy atom. The number of rotatable bonds is 6. The predicted octanol–water partition coefficient (Wildman–Crippen LogP) is 0.593. The molecule has 2 N–H and O–H groups in total. The van der Waals surface area contributed by atoms with E-state index >= 15 is 0 Å². The van der Waals surface area contributed by atoms with Gasteiger partial charge in [-0.05, 0) is 19.9 Å². The Bertz CT molecular complexity index is 194. The minimum Gasteiger partial charge on any atom is -0.382 e. The van der Waals surface area contributed by atoms with Gasteiger partial charge >= 0.3 is 6.18 Å². The van der Waals surface area contributed by atoms with Gasteiger partial charge < -0.3 is 15.3 Å². The van der Waals surface area contributed by atoms with E-state index < -0.39 is 18.8 Å². The van der Waals surface area contributed by atoms with Crippen LogP contribution in [0, 0.1) is 0 Å². The monoisotopic (exact) mass is 226 g/mol. The second kappa shape index (κ2) is 5.14. The Hall–Kier alpha value is -0.330. The molecule has 0 aromatic heterocycles. The summed E-state index contributed by atoms with van der Waals surface area (Å²) in [5.74, 6) is 0. The Kier molecular flexibility index (Phi) is 4.36. The molecule has 0 amide bonds. The Labute approximate surface area is 87.3 Å². The highest BCUT2D eigenvalue weighted by atomic mass is 19.4. The van der Waals surface area contributed by atoms with E-state index in [4.69, 9.17) is 5.11 Å². The maximum atomic E-state index is 11.9. The van der Waals surface area contributed by atoms with Gasteiger partial charge in [-0.25, -0.2) is 0 Å². The van der Waals surface area contributed by atoms with Crippen molar-refractivity contribution in [1.29, 1.82) is 0 Å². The van der Waals surface area contributed by atoms with Crippen molar-refractivity contribution in [2.75, 3.05) is 26.7 Å². The van der Waals surface area contributed by atoms with Crippen LogP contribution in [-0.2, 0) is 0 Å². The number of alkyl halides is 3. The van der Waals surface area contributed by atoms with Crippen molar-refractivity contribution in [3.8, 4) is 0 Å². The van der Waals surface area contributed by atoms with Crippen molar-refractivity contribution < 1.29 is 18.3 Å². The topological polar surface area (TPSA) is 35.5 Å². The van der Waals surface area contributed by atoms with Gasteiger partial charge in [0.1, 0.15) is 0 Å². The molecule has 1 rings (SSSR count). The van der Waals surface area contributed by atoms with E-state index in [1.54, 1.807) is 0 Å². The summed E-state index contributed by atoms with van der Waals surface area (Å²) in [4.78, 5) is 2.12. The lowest BCUT2D eigenvalue weighted by atomic mass is 10.3. The van der Waals surface area contributed by atoms with E-state index in [1.165, 1.54) is 12.8 Å². The van der Waals surface area contributed by atoms with Gasteiger partial charge in [0.15, 0.2) is 6.10 Å². The first-order chi connectivity index (χ1) is 6.91. The largest absolute Gasteiger partial charge is 0.415 e. The smallest absolute Gasteiger partial charge is 0.382 e. The van der Waals surface area contributed by atoms with E-state index in [-0.39, 0.29) is 0 Å². The molecule has 0 saturated heterocycles. The molecule has 0 heterocycles. The lowest BCUT2D eigenvalue weighted by Crippen LogP contribution is -2.40. The van der Waals surface area contributed by atoms with E-state index in [9.17, 15) is 13.2 Å². The normalized spacial score (nSPS) is 19.6. The molecule has 1 atom stereocenters. The summed E-state index contributed by atoms with van der Waals surface area (Å²) in [6.07, 6.45) is -4.41. The molecule has 6 heteroatoms. The molecule has 1 fully saturated rings. The van der Waals surface area contributed by atoms with Crippen molar-refractivity contribution in [1.82, 2.24) is 10.2 Å². The van der Waals surface area contributed by atoms with Crippen molar-refractivity contribution in [3.63, 3.8) is 0 Å². The van der Waals surface area contributed by atoms with E-state index in [0.29, 0.717) is 12.6 Å². The molecular weight excluding hydrogens is 209 g/mol. The molecule has 0 bridgehead atoms. The zero-order valence-corrected chi connectivity index (χ0v) is 8.72. The van der Waals surface area contributed by atoms with E-state index in [2.05, 4.69) is 10.2 Å². The van der Waals surface area contributed by atoms with Crippen molar-refractivity contribution in [3.05, 3.63) is 0 Å². The summed E-state index contributed by atoms with van der Waals surface area (Å²) in [7, 11) is 1.96. The molecule has 1 saturated carbocycles. The molecule has 0 aromatic carbocycles. The third-order valence-corrected chi connectivity index (χ3v) is 2.53. The zero-order valence-electron chi connectivity index (χ0n) is 8.72. The number of nitrogens with one attached hydrogen (secondary N) is 1. The van der Waals surface area contributed by atoms with Crippen LogP contribution >= 0.6 is 0 Å². The molecule has 3 nitrogen and oxygen atoms in total. The molecular formula is C9H17F3N2O. The average Bonchev–Trinajstić information content (AvgIpc) is 2.92. The van der Waals surface area contributed by atoms with Crippen LogP contribution in [0.2, 0.25) is 0 Å². The quantitative estimate of drug-likeness (QED) is 0.651. The van der Waals surface area contributed by atoms with Gasteiger partial charge in [0.2, 0.25) is 0 Å². The van der Waals surface area contributed by atoms with E-state index in [0.717, 1.165) is 6.54 Å². The maximum Gasteiger partial charge on any atom is 0.415 e. The van der Waals surface area contributed by atoms with Gasteiger partial charge in [-0.3, -0.25) is 0 Å². The van der Waals surface area contributed by atoms with Crippen LogP contribution in [0.4, 0.5) is 13.2 Å². The molecule has 0 aromatic rings. The fourth-order valence-corrected chi connectivity index (χ4v) is 1.31. The molecule has 0 aliphatic heterocycles. The number of aliphatic hydroxyl groups is 1. The minimum atomic E-state index is -4.52. The standard InChI is InChI=1S/C9H17F3N2O/c1-14(7-2-3-7)5-4-13-6-8(15)9(10,11)12/h7-8,13,15H,2-6H2,1H3. The lowest BCUT2D eigenvalue weighted by Gasteiger charge is -2.18. The number of likely N-dealkylation sites (N-methyl/N-ethyl adjacent to an activating group) is 1. The molecule has 0 radical (unpaired) electrons. The minimum absolute atomic E-state index is 0.429. The van der Waals surface area contributed by atoms with Crippen LogP contribution in [-0.4, -0.2) is 55.0 Å². The first-order valence-corrected chi connectivity index (χ1v) is 5.07. The van der Waals surface area contributed by atoms with Gasteiger partial charge in [0, 0.05) is 25.7 Å². The van der Waals surface area contributed by atoms with Crippen molar-refractivity contribution in [2.45, 2.75) is 31.2 Å². The van der Waals surface area contributed by atoms with Gasteiger partial charge in [-0.2, -0.15) is 13.2 Å². The average molecular weight is 226 g/mol. The van der Waals surface area contributed by atoms with Crippen molar-refractivity contribution in [2.24, 2.45) is 0 Å². The molecule has 90 valence electrons.